The van der Waals surface area contributed by atoms with Crippen LogP contribution < -0.4 is 0 Å². The molecular weight excluding hydrogens is 526 g/mol. The van der Waals surface area contributed by atoms with Crippen molar-refractivity contribution in [1.29, 1.82) is 0 Å². The number of β-amino-alcohol motifs (C(OH)–C–C–N with tert-alkyl or cyclic N) is 1. The molecule has 3 unspecified atom stereocenters. The van der Waals surface area contributed by atoms with Gasteiger partial charge in [0.1, 0.15) is 17.7 Å². The summed E-state index contributed by atoms with van der Waals surface area (Å²) < 4.78 is 57.9. The molecule has 2 N–H and O–H groups in total. The van der Waals surface area contributed by atoms with E-state index in [1.165, 1.54) is 33.5 Å². The van der Waals surface area contributed by atoms with Crippen LogP contribution in [0.2, 0.25) is 5.02 Å². The number of sulfonamides is 1. The number of aliphatic hydroxyl groups excluding tert-OH is 2. The molecule has 0 spiro atoms. The number of piperidine rings is 1. The van der Waals surface area contributed by atoms with Crippen molar-refractivity contribution in [3.63, 3.8) is 0 Å². The molecule has 11 heteroatoms. The summed E-state index contributed by atoms with van der Waals surface area (Å²) in [5, 5.41) is 21.5. The van der Waals surface area contributed by atoms with Gasteiger partial charge in [0.05, 0.1) is 17.0 Å². The highest BCUT2D eigenvalue weighted by Crippen LogP contribution is 2.59. The highest BCUT2D eigenvalue weighted by atomic mass is 35.5. The molecule has 3 aliphatic rings. The Kier molecular flexibility index (Phi) is 7.08. The van der Waals surface area contributed by atoms with Crippen LogP contribution in [0.1, 0.15) is 50.1 Å². The van der Waals surface area contributed by atoms with Crippen molar-refractivity contribution in [2.45, 2.75) is 67.7 Å². The molecule has 0 aromatic heterocycles. The number of likely N-dealkylation sites (tertiary alicyclic amines) is 1. The fraction of sp³-hybridized carbons (Fsp3) is 0.500. The van der Waals surface area contributed by atoms with E-state index >= 15 is 0 Å². The third kappa shape index (κ3) is 4.90. The van der Waals surface area contributed by atoms with Crippen molar-refractivity contribution >= 4 is 27.5 Å². The van der Waals surface area contributed by atoms with Gasteiger partial charge < -0.3 is 15.1 Å². The fourth-order valence-electron chi connectivity index (χ4n) is 5.96. The molecule has 1 saturated carbocycles. The zero-order valence-corrected chi connectivity index (χ0v) is 21.6. The van der Waals surface area contributed by atoms with Gasteiger partial charge in [0, 0.05) is 35.6 Å². The molecule has 1 amide bonds. The Morgan fingerprint density at radius 2 is 1.70 bits per heavy atom. The van der Waals surface area contributed by atoms with Crippen LogP contribution in [-0.4, -0.2) is 65.1 Å². The Bertz CT molecular complexity index is 1270. The predicted molar refractivity (Wildman–Crippen MR) is 132 cm³/mol. The van der Waals surface area contributed by atoms with E-state index in [4.69, 9.17) is 11.6 Å². The Labute approximate surface area is 219 Å². The van der Waals surface area contributed by atoms with E-state index in [0.717, 1.165) is 18.2 Å². The number of carbonyl (C=O) groups excluding carboxylic acids is 1. The van der Waals surface area contributed by atoms with Crippen LogP contribution in [0, 0.1) is 17.0 Å². The minimum absolute atomic E-state index is 0.0371. The summed E-state index contributed by atoms with van der Waals surface area (Å²) in [6.45, 7) is 0.435. The molecule has 2 aliphatic heterocycles. The molecule has 3 fully saturated rings. The van der Waals surface area contributed by atoms with Gasteiger partial charge in [-0.05, 0) is 80.5 Å². The molecular formula is C26H29ClF2N2O5S. The SMILES string of the molecule is O=C(C(O)C1(C2CCCC(c3cc(F)cc(F)c3)N2S(=O)(=O)c2ccc(Cl)cc2)CC1)N1CC[C@H](O)C1. The van der Waals surface area contributed by atoms with E-state index in [0.29, 0.717) is 50.1 Å². The minimum Gasteiger partial charge on any atom is -0.391 e. The van der Waals surface area contributed by atoms with Crippen LogP contribution in [0.25, 0.3) is 0 Å². The third-order valence-electron chi connectivity index (χ3n) is 7.97. The smallest absolute Gasteiger partial charge is 0.252 e. The van der Waals surface area contributed by atoms with Gasteiger partial charge in [-0.2, -0.15) is 4.31 Å². The average Bonchev–Trinajstić information content (AvgIpc) is 3.56. The molecule has 2 heterocycles. The average molecular weight is 555 g/mol. The van der Waals surface area contributed by atoms with Crippen LogP contribution in [0.4, 0.5) is 8.78 Å². The number of aliphatic hydroxyl groups is 2. The number of amides is 1. The summed E-state index contributed by atoms with van der Waals surface area (Å²) in [6, 6.07) is 6.99. The van der Waals surface area contributed by atoms with E-state index in [2.05, 4.69) is 0 Å². The van der Waals surface area contributed by atoms with Crippen LogP contribution in [0.3, 0.4) is 0 Å². The van der Waals surface area contributed by atoms with Crippen molar-refractivity contribution in [2.24, 2.45) is 5.41 Å². The maximum Gasteiger partial charge on any atom is 0.252 e. The Morgan fingerprint density at radius 1 is 1.05 bits per heavy atom. The largest absolute Gasteiger partial charge is 0.391 e. The lowest BCUT2D eigenvalue weighted by Gasteiger charge is -2.46. The summed E-state index contributed by atoms with van der Waals surface area (Å²) in [5.41, 5.74) is -0.853. The molecule has 4 atom stereocenters. The van der Waals surface area contributed by atoms with Crippen LogP contribution in [0.5, 0.6) is 0 Å². The number of benzene rings is 2. The lowest BCUT2D eigenvalue weighted by atomic mass is 9.81. The summed E-state index contributed by atoms with van der Waals surface area (Å²) in [5.74, 6) is -2.16. The van der Waals surface area contributed by atoms with Crippen LogP contribution >= 0.6 is 11.6 Å². The lowest BCUT2D eigenvalue weighted by molar-refractivity contribution is -0.145. The standard InChI is InChI=1S/C26H29ClF2N2O5S/c27-17-4-6-21(7-5-17)37(35,36)31-22(16-12-18(28)14-19(29)13-16)2-1-3-23(31)26(9-10-26)24(33)25(34)30-11-8-20(32)15-30/h4-7,12-14,20,22-24,32-33H,1-3,8-11,15H2/t20-,22?,23?,24?/m0/s1. The van der Waals surface area contributed by atoms with Gasteiger partial charge in [0.2, 0.25) is 10.0 Å². The van der Waals surface area contributed by atoms with Gasteiger partial charge in [-0.15, -0.1) is 0 Å². The van der Waals surface area contributed by atoms with Gasteiger partial charge in [0.15, 0.2) is 0 Å². The molecule has 2 aromatic rings. The number of rotatable bonds is 6. The molecule has 2 saturated heterocycles. The lowest BCUT2D eigenvalue weighted by Crippen LogP contribution is -2.55. The van der Waals surface area contributed by atoms with Crippen molar-refractivity contribution in [3.05, 3.63) is 64.7 Å². The maximum absolute atomic E-state index is 14.2. The maximum atomic E-state index is 14.2. The second-order valence-corrected chi connectivity index (χ2v) is 12.6. The first kappa shape index (κ1) is 26.5. The Morgan fingerprint density at radius 3 is 2.27 bits per heavy atom. The normalized spacial score (nSPS) is 26.7. The summed E-state index contributed by atoms with van der Waals surface area (Å²) in [6.07, 6.45) is 0.405. The van der Waals surface area contributed by atoms with Crippen molar-refractivity contribution in [3.8, 4) is 0 Å². The zero-order valence-electron chi connectivity index (χ0n) is 20.1. The molecule has 0 bridgehead atoms. The second-order valence-electron chi connectivity index (χ2n) is 10.3. The molecule has 7 nitrogen and oxygen atoms in total. The van der Waals surface area contributed by atoms with Gasteiger partial charge >= 0.3 is 0 Å². The summed E-state index contributed by atoms with van der Waals surface area (Å²) >= 11 is 5.98. The van der Waals surface area contributed by atoms with Crippen molar-refractivity contribution in [2.75, 3.05) is 13.1 Å². The number of halogens is 3. The van der Waals surface area contributed by atoms with E-state index in [1.54, 1.807) is 0 Å². The second kappa shape index (κ2) is 9.89. The topological polar surface area (TPSA) is 98.2 Å². The zero-order chi connectivity index (χ0) is 26.5. The monoisotopic (exact) mass is 554 g/mol. The number of hydrogen-bond donors (Lipinski definition) is 2. The molecule has 200 valence electrons. The minimum atomic E-state index is -4.23. The van der Waals surface area contributed by atoms with E-state index < -0.39 is 57.3 Å². The number of nitrogens with zero attached hydrogens (tertiary/aromatic N) is 2. The summed E-state index contributed by atoms with van der Waals surface area (Å²) in [7, 11) is -4.23. The van der Waals surface area contributed by atoms with E-state index in [-0.39, 0.29) is 17.0 Å². The predicted octanol–water partition coefficient (Wildman–Crippen LogP) is 3.64. The number of carbonyl (C=O) groups is 1. The summed E-state index contributed by atoms with van der Waals surface area (Å²) in [4.78, 5) is 14.6. The third-order valence-corrected chi connectivity index (χ3v) is 10.2. The highest BCUT2D eigenvalue weighted by Gasteiger charge is 2.62. The van der Waals surface area contributed by atoms with Gasteiger partial charge in [-0.25, -0.2) is 17.2 Å². The van der Waals surface area contributed by atoms with Gasteiger partial charge in [0.25, 0.3) is 5.91 Å². The Balaban J connectivity index is 1.57. The fourth-order valence-corrected chi connectivity index (χ4v) is 8.02. The molecule has 2 aromatic carbocycles. The van der Waals surface area contributed by atoms with Crippen molar-refractivity contribution in [1.82, 2.24) is 9.21 Å². The van der Waals surface area contributed by atoms with Gasteiger partial charge in [-0.1, -0.05) is 11.6 Å². The first-order valence-electron chi connectivity index (χ1n) is 12.4. The van der Waals surface area contributed by atoms with Crippen LogP contribution in [-0.2, 0) is 14.8 Å². The van der Waals surface area contributed by atoms with Gasteiger partial charge in [-0.3, -0.25) is 4.79 Å². The Hall–Kier alpha value is -2.11. The van der Waals surface area contributed by atoms with E-state index in [1.807, 2.05) is 0 Å². The molecule has 37 heavy (non-hydrogen) atoms. The molecule has 0 radical (unpaired) electrons. The van der Waals surface area contributed by atoms with Crippen molar-refractivity contribution < 1.29 is 32.2 Å². The van der Waals surface area contributed by atoms with Crippen LogP contribution in [0.15, 0.2) is 47.4 Å². The molecule has 1 aliphatic carbocycles. The first-order chi connectivity index (χ1) is 17.5. The highest BCUT2D eigenvalue weighted by molar-refractivity contribution is 7.89. The quantitative estimate of drug-likeness (QED) is 0.568. The number of hydrogen-bond acceptors (Lipinski definition) is 5. The first-order valence-corrected chi connectivity index (χ1v) is 14.2. The van der Waals surface area contributed by atoms with E-state index in [9.17, 15) is 32.2 Å². The molecule has 5 rings (SSSR count).